The molecule has 1 nitrogen and oxygen atoms in total. The van der Waals surface area contributed by atoms with E-state index in [9.17, 15) is 5.11 Å². The minimum Gasteiger partial charge on any atom is -0.396 e. The van der Waals surface area contributed by atoms with Crippen molar-refractivity contribution >= 4 is 7.85 Å². The quantitative estimate of drug-likeness (QED) is 0.558. The lowest BCUT2D eigenvalue weighted by Crippen LogP contribution is -2.40. The van der Waals surface area contributed by atoms with Crippen LogP contribution in [0.4, 0.5) is 0 Å². The summed E-state index contributed by atoms with van der Waals surface area (Å²) < 4.78 is 0. The van der Waals surface area contributed by atoms with Crippen LogP contribution in [-0.4, -0.2) is 19.6 Å². The van der Waals surface area contributed by atoms with Gasteiger partial charge in [-0.3, -0.25) is 0 Å². The number of aliphatic hydroxyl groups excluding tert-OH is 1. The van der Waals surface area contributed by atoms with Crippen LogP contribution in [0.2, 0.25) is 5.31 Å². The predicted octanol–water partition coefficient (Wildman–Crippen LogP) is 1.12. The van der Waals surface area contributed by atoms with Crippen LogP contribution in [0.5, 0.6) is 0 Å². The number of aliphatic hydroxyl groups is 1. The van der Waals surface area contributed by atoms with E-state index in [2.05, 4.69) is 7.85 Å². The van der Waals surface area contributed by atoms with Gasteiger partial charge in [0.1, 0.15) is 7.85 Å². The maximum atomic E-state index is 9.25. The Labute approximate surface area is 69.6 Å². The van der Waals surface area contributed by atoms with E-state index < -0.39 is 0 Å². The molecule has 3 rings (SSSR count). The molecule has 0 spiro atoms. The molecule has 0 radical (unpaired) electrons. The lowest BCUT2D eigenvalue weighted by atomic mass is 9.47. The molecule has 62 valence electrons. The molecule has 2 heteroatoms. The van der Waals surface area contributed by atoms with E-state index in [0.717, 1.165) is 0 Å². The third-order valence-electron chi connectivity index (χ3n) is 4.11. The van der Waals surface area contributed by atoms with Crippen molar-refractivity contribution in [1.82, 2.24) is 0 Å². The van der Waals surface area contributed by atoms with Crippen molar-refractivity contribution in [1.29, 1.82) is 0 Å². The van der Waals surface area contributed by atoms with Crippen LogP contribution < -0.4 is 0 Å². The minimum atomic E-state index is 0.359. The largest absolute Gasteiger partial charge is 0.396 e. The van der Waals surface area contributed by atoms with Gasteiger partial charge < -0.3 is 5.11 Å². The second-order valence-electron chi connectivity index (χ2n) is 4.97. The second-order valence-corrected chi connectivity index (χ2v) is 4.97. The molecule has 0 amide bonds. The van der Waals surface area contributed by atoms with Gasteiger partial charge in [0, 0.05) is 6.61 Å². The molecule has 0 saturated heterocycles. The van der Waals surface area contributed by atoms with E-state index in [-0.39, 0.29) is 0 Å². The van der Waals surface area contributed by atoms with Gasteiger partial charge in [0.15, 0.2) is 0 Å². The molecule has 0 aromatic rings. The summed E-state index contributed by atoms with van der Waals surface area (Å²) in [7, 11) is 2.41. The molecule has 0 aliphatic heterocycles. The van der Waals surface area contributed by atoms with Crippen LogP contribution >= 0.6 is 0 Å². The molecule has 3 fully saturated rings. The van der Waals surface area contributed by atoms with Gasteiger partial charge in [-0.05, 0) is 24.7 Å². The Morgan fingerprint density at radius 1 is 1.00 bits per heavy atom. The Morgan fingerprint density at radius 2 is 1.45 bits per heavy atom. The molecule has 0 atom stereocenters. The van der Waals surface area contributed by atoms with Crippen molar-refractivity contribution in [3.63, 3.8) is 0 Å². The fraction of sp³-hybridized carbons (Fsp3) is 1.00. The van der Waals surface area contributed by atoms with Crippen molar-refractivity contribution in [3.05, 3.63) is 0 Å². The molecular formula is C9H17BO. The summed E-state index contributed by atoms with van der Waals surface area (Å²) in [5.74, 6) is 0. The van der Waals surface area contributed by atoms with Crippen LogP contribution in [0.3, 0.4) is 0 Å². The molecule has 3 saturated carbocycles. The fourth-order valence-electron chi connectivity index (χ4n) is 2.69. The van der Waals surface area contributed by atoms with Crippen molar-refractivity contribution in [2.24, 2.45) is 5.41 Å². The average Bonchev–Trinajstić information content (AvgIpc) is 2.07. The second kappa shape index (κ2) is 2.26. The smallest absolute Gasteiger partial charge is 0.109 e. The zero-order valence-corrected chi connectivity index (χ0v) is 7.40. The standard InChI is InChI=1S/C9H17BO/c10-9-4-1-8(7-11,2-5-9)3-6-9/h11H,1-7,10H2. The van der Waals surface area contributed by atoms with Gasteiger partial charge in [-0.1, -0.05) is 24.6 Å². The van der Waals surface area contributed by atoms with Gasteiger partial charge >= 0.3 is 0 Å². The highest BCUT2D eigenvalue weighted by atomic mass is 16.3. The van der Waals surface area contributed by atoms with Gasteiger partial charge in [-0.2, -0.15) is 0 Å². The van der Waals surface area contributed by atoms with Crippen LogP contribution in [0.25, 0.3) is 0 Å². The third kappa shape index (κ3) is 1.12. The highest BCUT2D eigenvalue weighted by molar-refractivity contribution is 6.15. The molecule has 2 bridgehead atoms. The molecule has 0 heterocycles. The molecule has 0 aromatic heterocycles. The van der Waals surface area contributed by atoms with Crippen molar-refractivity contribution < 1.29 is 5.11 Å². The molecule has 0 aromatic carbocycles. The molecule has 3 aliphatic carbocycles. The summed E-state index contributed by atoms with van der Waals surface area (Å²) >= 11 is 0. The zero-order valence-electron chi connectivity index (χ0n) is 7.40. The van der Waals surface area contributed by atoms with E-state index in [0.29, 0.717) is 17.3 Å². The lowest BCUT2D eigenvalue weighted by Gasteiger charge is -2.51. The summed E-state index contributed by atoms with van der Waals surface area (Å²) in [5, 5.41) is 9.90. The summed E-state index contributed by atoms with van der Waals surface area (Å²) in [6.45, 7) is 0.434. The lowest BCUT2D eigenvalue weighted by molar-refractivity contribution is 0.0164. The first-order chi connectivity index (χ1) is 5.18. The predicted molar refractivity (Wildman–Crippen MR) is 48.5 cm³/mol. The summed E-state index contributed by atoms with van der Waals surface area (Å²) in [6.07, 6.45) is 7.90. The van der Waals surface area contributed by atoms with Gasteiger partial charge in [0.25, 0.3) is 0 Å². The Hall–Kier alpha value is 0.0249. The molecular weight excluding hydrogens is 135 g/mol. The Morgan fingerprint density at radius 3 is 1.82 bits per heavy atom. The number of rotatable bonds is 1. The average molecular weight is 152 g/mol. The van der Waals surface area contributed by atoms with Crippen molar-refractivity contribution in [2.75, 3.05) is 6.61 Å². The molecule has 11 heavy (non-hydrogen) atoms. The first-order valence-electron chi connectivity index (χ1n) is 4.79. The van der Waals surface area contributed by atoms with E-state index in [1.54, 1.807) is 0 Å². The Kier molecular flexibility index (Phi) is 1.57. The van der Waals surface area contributed by atoms with E-state index in [1.807, 2.05) is 0 Å². The summed E-state index contributed by atoms with van der Waals surface area (Å²) in [6, 6.07) is 0. The molecule has 0 unspecified atom stereocenters. The van der Waals surface area contributed by atoms with Crippen LogP contribution in [-0.2, 0) is 0 Å². The van der Waals surface area contributed by atoms with Crippen molar-refractivity contribution in [3.8, 4) is 0 Å². The zero-order chi connectivity index (χ0) is 7.95. The van der Waals surface area contributed by atoms with E-state index in [1.165, 1.54) is 38.5 Å². The minimum absolute atomic E-state index is 0.359. The highest BCUT2D eigenvalue weighted by Gasteiger charge is 2.45. The van der Waals surface area contributed by atoms with Crippen LogP contribution in [0, 0.1) is 5.41 Å². The maximum Gasteiger partial charge on any atom is 0.109 e. The third-order valence-corrected chi connectivity index (χ3v) is 4.11. The molecule has 3 aliphatic rings. The molecule has 1 N–H and O–H groups in total. The number of fused-ring (bicyclic) bond motifs is 3. The number of hydrogen-bond donors (Lipinski definition) is 1. The maximum absolute atomic E-state index is 9.25. The number of hydrogen-bond acceptors (Lipinski definition) is 1. The Bertz CT molecular complexity index is 142. The van der Waals surface area contributed by atoms with Gasteiger partial charge in [-0.15, -0.1) is 0 Å². The van der Waals surface area contributed by atoms with Crippen molar-refractivity contribution in [2.45, 2.75) is 43.8 Å². The van der Waals surface area contributed by atoms with Gasteiger partial charge in [0.05, 0.1) is 0 Å². The SMILES string of the molecule is BC12CCC(CO)(CC1)CC2. The Balaban J connectivity index is 2.12. The van der Waals surface area contributed by atoms with Gasteiger partial charge in [0.2, 0.25) is 0 Å². The van der Waals surface area contributed by atoms with Gasteiger partial charge in [-0.25, -0.2) is 0 Å². The fourth-order valence-corrected chi connectivity index (χ4v) is 2.69. The topological polar surface area (TPSA) is 20.2 Å². The monoisotopic (exact) mass is 152 g/mol. The van der Waals surface area contributed by atoms with E-state index >= 15 is 0 Å². The normalized spacial score (nSPS) is 49.5. The first kappa shape index (κ1) is 7.66. The van der Waals surface area contributed by atoms with Crippen LogP contribution in [0.1, 0.15) is 38.5 Å². The highest BCUT2D eigenvalue weighted by Crippen LogP contribution is 2.58. The summed E-state index contributed by atoms with van der Waals surface area (Å²) in [4.78, 5) is 0. The summed E-state index contributed by atoms with van der Waals surface area (Å²) in [5.41, 5.74) is 0.359. The van der Waals surface area contributed by atoms with Crippen LogP contribution in [0.15, 0.2) is 0 Å². The van der Waals surface area contributed by atoms with E-state index in [4.69, 9.17) is 0 Å². The first-order valence-corrected chi connectivity index (χ1v) is 4.79.